The topological polar surface area (TPSA) is 99.0 Å². The number of non-ortho nitro benzene ring substituents is 1. The second kappa shape index (κ2) is 8.30. The summed E-state index contributed by atoms with van der Waals surface area (Å²) in [5.41, 5.74) is 2.05. The highest BCUT2D eigenvalue weighted by Gasteiger charge is 2.38. The Labute approximate surface area is 168 Å². The molecule has 0 spiro atoms. The van der Waals surface area contributed by atoms with Crippen molar-refractivity contribution in [2.45, 2.75) is 26.4 Å². The van der Waals surface area contributed by atoms with Crippen molar-refractivity contribution in [3.63, 3.8) is 0 Å². The average molecular weight is 398 g/mol. The first-order chi connectivity index (χ1) is 13.8. The van der Waals surface area contributed by atoms with Crippen molar-refractivity contribution in [3.8, 4) is 5.75 Å². The molecule has 1 saturated heterocycles. The highest BCUT2D eigenvalue weighted by atomic mass is 16.6. The Morgan fingerprint density at radius 2 is 2.03 bits per heavy atom. The summed E-state index contributed by atoms with van der Waals surface area (Å²) in [6.45, 7) is 3.75. The van der Waals surface area contributed by atoms with Gasteiger partial charge in [-0.05, 0) is 37.1 Å². The Hall–Kier alpha value is -3.42. The zero-order valence-electron chi connectivity index (χ0n) is 16.5. The van der Waals surface area contributed by atoms with Crippen molar-refractivity contribution in [1.82, 2.24) is 0 Å². The number of methoxy groups -OCH3 is 1. The number of nitro groups is 1. The quantitative estimate of drug-likeness (QED) is 0.419. The number of hydrogen-bond acceptors (Lipinski definition) is 6. The van der Waals surface area contributed by atoms with E-state index in [1.54, 1.807) is 25.1 Å². The molecule has 0 unspecified atom stereocenters. The Morgan fingerprint density at radius 3 is 2.72 bits per heavy atom. The van der Waals surface area contributed by atoms with Crippen LogP contribution in [0.25, 0.3) is 0 Å². The van der Waals surface area contributed by atoms with E-state index in [9.17, 15) is 19.7 Å². The molecule has 0 N–H and O–H groups in total. The van der Waals surface area contributed by atoms with Gasteiger partial charge in [-0.15, -0.1) is 0 Å². The second-order valence-corrected chi connectivity index (χ2v) is 7.01. The van der Waals surface area contributed by atoms with Crippen LogP contribution in [-0.4, -0.2) is 30.5 Å². The van der Waals surface area contributed by atoms with Crippen LogP contribution >= 0.6 is 0 Å². The van der Waals surface area contributed by atoms with Gasteiger partial charge in [0.2, 0.25) is 5.91 Å². The van der Waals surface area contributed by atoms with Crippen molar-refractivity contribution < 1.29 is 24.0 Å². The zero-order valence-corrected chi connectivity index (χ0v) is 16.5. The number of aryl methyl sites for hydroxylation is 1. The lowest BCUT2D eigenvalue weighted by Crippen LogP contribution is -2.27. The number of ether oxygens (including phenoxy) is 2. The normalized spacial score (nSPS) is 17.1. The van der Waals surface area contributed by atoms with Crippen molar-refractivity contribution in [2.24, 2.45) is 5.92 Å². The molecule has 1 aliphatic rings. The summed E-state index contributed by atoms with van der Waals surface area (Å²) < 4.78 is 10.8. The van der Waals surface area contributed by atoms with Gasteiger partial charge >= 0.3 is 5.97 Å². The first kappa shape index (κ1) is 20.3. The van der Waals surface area contributed by atoms with E-state index in [4.69, 9.17) is 9.47 Å². The molecule has 8 heteroatoms. The first-order valence-electron chi connectivity index (χ1n) is 9.20. The van der Waals surface area contributed by atoms with E-state index in [0.29, 0.717) is 17.0 Å². The summed E-state index contributed by atoms with van der Waals surface area (Å²) >= 11 is 0. The maximum Gasteiger partial charge on any atom is 0.311 e. The summed E-state index contributed by atoms with van der Waals surface area (Å²) in [4.78, 5) is 37.1. The highest BCUT2D eigenvalue weighted by Crippen LogP contribution is 2.34. The molecule has 0 saturated carbocycles. The van der Waals surface area contributed by atoms with Gasteiger partial charge in [0.1, 0.15) is 11.9 Å². The smallest absolute Gasteiger partial charge is 0.311 e. The molecular weight excluding hydrogens is 376 g/mol. The molecular formula is C21H22N2O6. The molecule has 8 nitrogen and oxygen atoms in total. The lowest BCUT2D eigenvalue weighted by molar-refractivity contribution is -0.385. The van der Waals surface area contributed by atoms with Crippen molar-refractivity contribution in [2.75, 3.05) is 18.6 Å². The number of nitro benzene ring substituents is 1. The second-order valence-electron chi connectivity index (χ2n) is 7.01. The number of anilines is 1. The van der Waals surface area contributed by atoms with Crippen LogP contribution in [0.4, 0.5) is 11.4 Å². The molecule has 1 fully saturated rings. The molecule has 2 atom stereocenters. The summed E-state index contributed by atoms with van der Waals surface area (Å²) in [6, 6.07) is 11.5. The molecule has 0 aromatic heterocycles. The maximum atomic E-state index is 12.6. The van der Waals surface area contributed by atoms with Gasteiger partial charge in [-0.25, -0.2) is 0 Å². The lowest BCUT2D eigenvalue weighted by atomic mass is 10.1. The summed E-state index contributed by atoms with van der Waals surface area (Å²) in [5.74, 6) is -0.748. The number of carbonyl (C=O) groups is 2. The van der Waals surface area contributed by atoms with E-state index in [1.165, 1.54) is 24.1 Å². The van der Waals surface area contributed by atoms with E-state index in [2.05, 4.69) is 0 Å². The van der Waals surface area contributed by atoms with Crippen LogP contribution in [0.5, 0.6) is 5.75 Å². The number of rotatable bonds is 6. The van der Waals surface area contributed by atoms with Crippen molar-refractivity contribution in [1.29, 1.82) is 0 Å². The van der Waals surface area contributed by atoms with Gasteiger partial charge in [0.15, 0.2) is 0 Å². The van der Waals surface area contributed by atoms with Gasteiger partial charge in [0.05, 0.1) is 23.6 Å². The Balaban J connectivity index is 1.71. The fourth-order valence-corrected chi connectivity index (χ4v) is 3.34. The van der Waals surface area contributed by atoms with Gasteiger partial charge in [0, 0.05) is 25.1 Å². The molecule has 0 bridgehead atoms. The molecule has 2 aromatic carbocycles. The molecule has 152 valence electrons. The third-order valence-corrected chi connectivity index (χ3v) is 4.93. The first-order valence-corrected chi connectivity index (χ1v) is 9.20. The standard InChI is InChI=1S/C21H22N2O6/c1-13-7-8-19(28-3)18(9-13)22-12-16(11-20(22)24)21(25)29-14(2)15-5-4-6-17(10-15)23(26)27/h4-10,14,16H,11-12H2,1-3H3/t14-,16+/m0/s1. The molecule has 1 heterocycles. The lowest BCUT2D eigenvalue weighted by Gasteiger charge is -2.20. The minimum atomic E-state index is -0.667. The predicted molar refractivity (Wildman–Crippen MR) is 106 cm³/mol. The third-order valence-electron chi connectivity index (χ3n) is 4.93. The van der Waals surface area contributed by atoms with E-state index in [0.717, 1.165) is 5.56 Å². The van der Waals surface area contributed by atoms with Gasteiger partial charge in [-0.1, -0.05) is 18.2 Å². The minimum Gasteiger partial charge on any atom is -0.495 e. The molecule has 1 aliphatic heterocycles. The molecule has 2 aromatic rings. The zero-order chi connectivity index (χ0) is 21.1. The van der Waals surface area contributed by atoms with Crippen LogP contribution in [0.15, 0.2) is 42.5 Å². The Morgan fingerprint density at radius 1 is 1.28 bits per heavy atom. The van der Waals surface area contributed by atoms with Crippen LogP contribution in [0.1, 0.15) is 30.6 Å². The molecule has 0 radical (unpaired) electrons. The van der Waals surface area contributed by atoms with Crippen LogP contribution in [0.2, 0.25) is 0 Å². The maximum absolute atomic E-state index is 12.6. The highest BCUT2D eigenvalue weighted by molar-refractivity contribution is 6.00. The Kier molecular flexibility index (Phi) is 5.81. The fraction of sp³-hybridized carbons (Fsp3) is 0.333. The minimum absolute atomic E-state index is 0.0393. The number of nitrogens with zero attached hydrogens (tertiary/aromatic N) is 2. The van der Waals surface area contributed by atoms with Gasteiger partial charge in [0.25, 0.3) is 5.69 Å². The van der Waals surface area contributed by atoms with Crippen LogP contribution < -0.4 is 9.64 Å². The van der Waals surface area contributed by atoms with E-state index < -0.39 is 22.9 Å². The van der Waals surface area contributed by atoms with Crippen LogP contribution in [0, 0.1) is 23.0 Å². The molecule has 3 rings (SSSR count). The van der Waals surface area contributed by atoms with Crippen molar-refractivity contribution >= 4 is 23.3 Å². The monoisotopic (exact) mass is 398 g/mol. The van der Waals surface area contributed by atoms with Crippen LogP contribution in [-0.2, 0) is 14.3 Å². The van der Waals surface area contributed by atoms with Gasteiger partial charge in [-0.3, -0.25) is 19.7 Å². The van der Waals surface area contributed by atoms with Crippen molar-refractivity contribution in [3.05, 3.63) is 63.7 Å². The number of esters is 1. The Bertz CT molecular complexity index is 958. The SMILES string of the molecule is COc1ccc(C)cc1N1C[C@H](C(=O)O[C@@H](C)c2cccc([N+](=O)[O-])c2)CC1=O. The number of benzene rings is 2. The van der Waals surface area contributed by atoms with Gasteiger partial charge in [-0.2, -0.15) is 0 Å². The number of amides is 1. The largest absolute Gasteiger partial charge is 0.495 e. The number of carbonyl (C=O) groups excluding carboxylic acids is 2. The van der Waals surface area contributed by atoms with E-state index >= 15 is 0 Å². The number of hydrogen-bond donors (Lipinski definition) is 0. The summed E-state index contributed by atoms with van der Waals surface area (Å²) in [6.07, 6.45) is -0.627. The third kappa shape index (κ3) is 4.37. The average Bonchev–Trinajstić information content (AvgIpc) is 3.09. The van der Waals surface area contributed by atoms with E-state index in [-0.39, 0.29) is 24.6 Å². The molecule has 1 amide bonds. The van der Waals surface area contributed by atoms with Crippen LogP contribution in [0.3, 0.4) is 0 Å². The summed E-state index contributed by atoms with van der Waals surface area (Å²) in [7, 11) is 1.53. The predicted octanol–water partition coefficient (Wildman–Crippen LogP) is 3.57. The fourth-order valence-electron chi connectivity index (χ4n) is 3.34. The molecule has 29 heavy (non-hydrogen) atoms. The van der Waals surface area contributed by atoms with Gasteiger partial charge < -0.3 is 14.4 Å². The molecule has 0 aliphatic carbocycles. The summed E-state index contributed by atoms with van der Waals surface area (Å²) in [5, 5.41) is 10.9. The van der Waals surface area contributed by atoms with E-state index in [1.807, 2.05) is 19.1 Å².